The number of nitrogens with two attached hydrogens (primary N) is 1. The van der Waals surface area contributed by atoms with E-state index in [0.29, 0.717) is 0 Å². The van der Waals surface area contributed by atoms with Crippen LogP contribution >= 0.6 is 23.4 Å². The number of hydrogen-bond donors (Lipinski definition) is 1. The van der Waals surface area contributed by atoms with Gasteiger partial charge < -0.3 is 10.6 Å². The van der Waals surface area contributed by atoms with Crippen molar-refractivity contribution in [1.29, 1.82) is 0 Å². The molecule has 0 unspecified atom stereocenters. The van der Waals surface area contributed by atoms with E-state index < -0.39 is 0 Å². The Morgan fingerprint density at radius 2 is 1.93 bits per heavy atom. The number of rotatable bonds is 3. The molecule has 2 aromatic heterocycles. The highest BCUT2D eigenvalue weighted by Crippen LogP contribution is 2.47. The zero-order valence-corrected chi connectivity index (χ0v) is 16.9. The van der Waals surface area contributed by atoms with Gasteiger partial charge in [-0.1, -0.05) is 35.5 Å². The van der Waals surface area contributed by atoms with Crippen molar-refractivity contribution in [1.82, 2.24) is 19.7 Å². The first-order valence-corrected chi connectivity index (χ1v) is 10.6. The molecule has 1 aromatic carbocycles. The third-order valence-corrected chi connectivity index (χ3v) is 7.38. The summed E-state index contributed by atoms with van der Waals surface area (Å²) in [5.41, 5.74) is 7.85. The summed E-state index contributed by atoms with van der Waals surface area (Å²) >= 11 is 7.76. The maximum absolute atomic E-state index is 6.57. The van der Waals surface area contributed by atoms with Gasteiger partial charge >= 0.3 is 0 Å². The highest BCUT2D eigenvalue weighted by Gasteiger charge is 2.46. The molecule has 3 aromatic rings. The first kappa shape index (κ1) is 18.0. The molecule has 28 heavy (non-hydrogen) atoms. The van der Waals surface area contributed by atoms with Gasteiger partial charge in [0.25, 0.3) is 0 Å². The molecule has 0 aliphatic carbocycles. The topological polar surface area (TPSA) is 72.9 Å². The number of fused-ring (bicyclic) bond motifs is 1. The van der Waals surface area contributed by atoms with E-state index in [1.807, 2.05) is 48.9 Å². The summed E-state index contributed by atoms with van der Waals surface area (Å²) in [7, 11) is 0. The fourth-order valence-electron chi connectivity index (χ4n) is 4.27. The second kappa shape index (κ2) is 7.06. The van der Waals surface area contributed by atoms with Crippen molar-refractivity contribution in [3.8, 4) is 0 Å². The van der Waals surface area contributed by atoms with Gasteiger partial charge in [0.2, 0.25) is 0 Å². The van der Waals surface area contributed by atoms with Crippen LogP contribution < -0.4 is 10.6 Å². The highest BCUT2D eigenvalue weighted by molar-refractivity contribution is 7.99. The van der Waals surface area contributed by atoms with Crippen molar-refractivity contribution in [3.05, 3.63) is 59.6 Å². The average molecular weight is 413 g/mol. The van der Waals surface area contributed by atoms with Crippen molar-refractivity contribution in [2.24, 2.45) is 11.1 Å². The average Bonchev–Trinajstić information content (AvgIpc) is 3.27. The lowest BCUT2D eigenvalue weighted by Crippen LogP contribution is -2.45. The number of nitrogens with zero attached hydrogens (tertiary/aromatic N) is 5. The molecule has 1 fully saturated rings. The molecule has 6 nitrogen and oxygen atoms in total. The molecule has 8 heteroatoms. The molecule has 1 saturated heterocycles. The van der Waals surface area contributed by atoms with Crippen LogP contribution in [0.15, 0.2) is 58.8 Å². The van der Waals surface area contributed by atoms with Crippen LogP contribution in [0.2, 0.25) is 5.02 Å². The maximum atomic E-state index is 6.57. The lowest BCUT2D eigenvalue weighted by Gasteiger charge is -2.41. The van der Waals surface area contributed by atoms with Crippen LogP contribution in [0.25, 0.3) is 0 Å². The van der Waals surface area contributed by atoms with Gasteiger partial charge in [-0.25, -0.2) is 9.97 Å². The van der Waals surface area contributed by atoms with E-state index in [1.54, 1.807) is 0 Å². The molecule has 2 aliphatic heterocycles. The third kappa shape index (κ3) is 3.07. The second-order valence-electron chi connectivity index (χ2n) is 7.49. The molecular formula is C20H21ClN6S. The standard InChI is InChI=1S/C20H21ClN6S/c21-14-3-1-2-4-16(14)28-18-12-23-17(11-24-18)26-9-6-20(7-10-26)13-27-15(19(20)22)5-8-25-27/h1-5,8,11-12,19H,6-7,9-10,13,22H2/t19-/m1/s1. The summed E-state index contributed by atoms with van der Waals surface area (Å²) in [6.07, 6.45) is 7.60. The van der Waals surface area contributed by atoms with Crippen molar-refractivity contribution < 1.29 is 0 Å². The van der Waals surface area contributed by atoms with Gasteiger partial charge in [-0.3, -0.25) is 4.68 Å². The van der Waals surface area contributed by atoms with Crippen LogP contribution in [0.5, 0.6) is 0 Å². The third-order valence-electron chi connectivity index (χ3n) is 5.94. The molecule has 0 radical (unpaired) electrons. The molecule has 0 bridgehead atoms. The monoisotopic (exact) mass is 412 g/mol. The minimum absolute atomic E-state index is 0.0673. The lowest BCUT2D eigenvalue weighted by molar-refractivity contribution is 0.170. The van der Waals surface area contributed by atoms with E-state index >= 15 is 0 Å². The first-order chi connectivity index (χ1) is 13.6. The molecule has 1 spiro atoms. The van der Waals surface area contributed by atoms with Gasteiger partial charge in [-0.2, -0.15) is 5.10 Å². The quantitative estimate of drug-likeness (QED) is 0.705. The van der Waals surface area contributed by atoms with Crippen LogP contribution in [-0.2, 0) is 6.54 Å². The molecule has 2 aliphatic rings. The summed E-state index contributed by atoms with van der Waals surface area (Å²) in [6.45, 7) is 2.79. The zero-order chi connectivity index (χ0) is 19.1. The van der Waals surface area contributed by atoms with Crippen molar-refractivity contribution in [3.63, 3.8) is 0 Å². The Balaban J connectivity index is 1.25. The van der Waals surface area contributed by atoms with Crippen LogP contribution in [0.3, 0.4) is 0 Å². The molecule has 1 atom stereocenters. The molecule has 2 N–H and O–H groups in total. The summed E-state index contributed by atoms with van der Waals surface area (Å²) < 4.78 is 2.07. The summed E-state index contributed by atoms with van der Waals surface area (Å²) in [6, 6.07) is 9.88. The normalized spacial score (nSPS) is 20.5. The molecule has 5 rings (SSSR count). The number of anilines is 1. The lowest BCUT2D eigenvalue weighted by atomic mass is 9.73. The summed E-state index contributed by atoms with van der Waals surface area (Å²) in [5.74, 6) is 0.919. The maximum Gasteiger partial charge on any atom is 0.147 e. The van der Waals surface area contributed by atoms with E-state index in [0.717, 1.165) is 58.9 Å². The Hall–Kier alpha value is -2.09. The zero-order valence-electron chi connectivity index (χ0n) is 15.3. The minimum atomic E-state index is 0.0673. The van der Waals surface area contributed by atoms with E-state index in [-0.39, 0.29) is 11.5 Å². The fourth-order valence-corrected chi connectivity index (χ4v) is 5.27. The van der Waals surface area contributed by atoms with Gasteiger partial charge in [0, 0.05) is 36.1 Å². The van der Waals surface area contributed by atoms with E-state index in [4.69, 9.17) is 17.3 Å². The molecular weight excluding hydrogens is 392 g/mol. The molecule has 4 heterocycles. The highest BCUT2D eigenvalue weighted by atomic mass is 35.5. The van der Waals surface area contributed by atoms with Gasteiger partial charge in [0.15, 0.2) is 0 Å². The minimum Gasteiger partial charge on any atom is -0.355 e. The van der Waals surface area contributed by atoms with Crippen molar-refractivity contribution >= 4 is 29.2 Å². The van der Waals surface area contributed by atoms with E-state index in [9.17, 15) is 0 Å². The Labute approximate surface area is 173 Å². The Morgan fingerprint density at radius 1 is 1.11 bits per heavy atom. The number of hydrogen-bond acceptors (Lipinski definition) is 6. The number of aromatic nitrogens is 4. The first-order valence-electron chi connectivity index (χ1n) is 9.41. The van der Waals surface area contributed by atoms with Gasteiger partial charge in [0.05, 0.1) is 29.2 Å². The van der Waals surface area contributed by atoms with Crippen LogP contribution in [0, 0.1) is 5.41 Å². The van der Waals surface area contributed by atoms with E-state index in [1.165, 1.54) is 11.8 Å². The molecule has 144 valence electrons. The van der Waals surface area contributed by atoms with Gasteiger partial charge in [-0.15, -0.1) is 0 Å². The second-order valence-corrected chi connectivity index (χ2v) is 8.96. The van der Waals surface area contributed by atoms with Crippen LogP contribution in [-0.4, -0.2) is 32.8 Å². The van der Waals surface area contributed by atoms with Gasteiger partial charge in [-0.05, 0) is 31.0 Å². The van der Waals surface area contributed by atoms with Gasteiger partial charge in [0.1, 0.15) is 10.8 Å². The Morgan fingerprint density at radius 3 is 2.64 bits per heavy atom. The summed E-state index contributed by atoms with van der Waals surface area (Å²) in [4.78, 5) is 12.5. The number of benzene rings is 1. The van der Waals surface area contributed by atoms with Crippen molar-refractivity contribution in [2.45, 2.75) is 35.3 Å². The van der Waals surface area contributed by atoms with Crippen LogP contribution in [0.4, 0.5) is 5.82 Å². The Kier molecular flexibility index (Phi) is 4.53. The van der Waals surface area contributed by atoms with Crippen molar-refractivity contribution in [2.75, 3.05) is 18.0 Å². The predicted octanol–water partition coefficient (Wildman–Crippen LogP) is 3.78. The predicted molar refractivity (Wildman–Crippen MR) is 111 cm³/mol. The number of halogens is 1. The van der Waals surface area contributed by atoms with E-state index in [2.05, 4.69) is 24.6 Å². The fraction of sp³-hybridized carbons (Fsp3) is 0.350. The molecule has 0 saturated carbocycles. The Bertz CT molecular complexity index is 980. The summed E-state index contributed by atoms with van der Waals surface area (Å²) in [5, 5.41) is 5.98. The SMILES string of the molecule is N[C@@H]1c2ccnn2CC12CCN(c1cnc(Sc3ccccc3Cl)cn1)CC2. The molecule has 0 amide bonds. The van der Waals surface area contributed by atoms with Crippen LogP contribution in [0.1, 0.15) is 24.6 Å². The largest absolute Gasteiger partial charge is 0.355 e. The number of piperidine rings is 1. The smallest absolute Gasteiger partial charge is 0.147 e.